The third kappa shape index (κ3) is 1.12. The smallest absolute Gasteiger partial charge is 0.227 e. The normalized spacial score (nSPS) is 32.7. The van der Waals surface area contributed by atoms with Crippen LogP contribution in [-0.4, -0.2) is 41.6 Å². The van der Waals surface area contributed by atoms with Gasteiger partial charge in [-0.2, -0.15) is 5.21 Å². The summed E-state index contributed by atoms with van der Waals surface area (Å²) in [5, 5.41) is 14.3. The second-order valence-electron chi connectivity index (χ2n) is 4.35. The number of hydrogen-bond acceptors (Lipinski definition) is 5. The van der Waals surface area contributed by atoms with Crippen LogP contribution < -0.4 is 0 Å². The van der Waals surface area contributed by atoms with Gasteiger partial charge >= 0.3 is 0 Å². The molecule has 0 spiro atoms. The molecule has 1 aromatic heterocycles. The molecule has 1 amide bonds. The first-order valence-electron chi connectivity index (χ1n) is 4.82. The van der Waals surface area contributed by atoms with Gasteiger partial charge in [-0.3, -0.25) is 4.79 Å². The van der Waals surface area contributed by atoms with E-state index >= 15 is 0 Å². The molecular weight excluding hydrogens is 214 g/mol. The number of rotatable bonds is 1. The zero-order chi connectivity index (χ0) is 10.6. The van der Waals surface area contributed by atoms with Gasteiger partial charge in [0.15, 0.2) is 5.82 Å². The van der Waals surface area contributed by atoms with Crippen molar-refractivity contribution in [2.45, 2.75) is 36.4 Å². The van der Waals surface area contributed by atoms with Gasteiger partial charge in [0.1, 0.15) is 6.04 Å². The molecule has 15 heavy (non-hydrogen) atoms. The monoisotopic (exact) mass is 225 g/mol. The fourth-order valence-electron chi connectivity index (χ4n) is 2.28. The Morgan fingerprint density at radius 1 is 1.60 bits per heavy atom. The number of hydrogen-bond donors (Lipinski definition) is 1. The topological polar surface area (TPSA) is 74.8 Å². The average Bonchev–Trinajstić information content (AvgIpc) is 2.70. The minimum absolute atomic E-state index is 0.0410. The van der Waals surface area contributed by atoms with Gasteiger partial charge in [-0.15, -0.1) is 22.0 Å². The van der Waals surface area contributed by atoms with Gasteiger partial charge in [-0.25, -0.2) is 0 Å². The van der Waals surface area contributed by atoms with Crippen molar-refractivity contribution >= 4 is 17.7 Å². The Hall–Kier alpha value is -1.11. The van der Waals surface area contributed by atoms with E-state index in [1.54, 1.807) is 0 Å². The number of aromatic nitrogens is 4. The van der Waals surface area contributed by atoms with Crippen molar-refractivity contribution in [2.24, 2.45) is 0 Å². The van der Waals surface area contributed by atoms with Crippen LogP contribution in [0.1, 0.15) is 32.1 Å². The summed E-state index contributed by atoms with van der Waals surface area (Å²) in [5.74, 6) is 0.802. The summed E-state index contributed by atoms with van der Waals surface area (Å²) in [5.41, 5.74) is 0. The van der Waals surface area contributed by atoms with Gasteiger partial charge in [0.05, 0.1) is 11.8 Å². The van der Waals surface area contributed by atoms with Crippen molar-refractivity contribution in [1.82, 2.24) is 25.5 Å². The standard InChI is InChI=1S/C8H11N5OS/c1-8(2)6(7-9-11-12-10-7)13-4(14)3-5(13)15-8/h5-6H,3H2,1-2H3,(H,9,10,11,12)/t5-,6?/m1/s1. The van der Waals surface area contributed by atoms with E-state index in [2.05, 4.69) is 34.5 Å². The molecule has 1 aromatic rings. The maximum absolute atomic E-state index is 11.5. The van der Waals surface area contributed by atoms with Crippen LogP contribution in [0, 0.1) is 0 Å². The summed E-state index contributed by atoms with van der Waals surface area (Å²) in [6.07, 6.45) is 0.641. The van der Waals surface area contributed by atoms with E-state index in [1.165, 1.54) is 0 Å². The van der Waals surface area contributed by atoms with Gasteiger partial charge in [0.2, 0.25) is 5.91 Å². The molecule has 2 aliphatic heterocycles. The number of nitrogens with zero attached hydrogens (tertiary/aromatic N) is 4. The minimum atomic E-state index is -0.0486. The van der Waals surface area contributed by atoms with Crippen molar-refractivity contribution in [3.8, 4) is 0 Å². The summed E-state index contributed by atoms with van der Waals surface area (Å²) < 4.78 is -0.0410. The molecule has 7 heteroatoms. The molecule has 2 atom stereocenters. The van der Waals surface area contributed by atoms with E-state index < -0.39 is 0 Å². The van der Waals surface area contributed by atoms with Crippen molar-refractivity contribution in [1.29, 1.82) is 0 Å². The van der Waals surface area contributed by atoms with Crippen LogP contribution in [0.5, 0.6) is 0 Å². The molecule has 2 saturated heterocycles. The summed E-state index contributed by atoms with van der Waals surface area (Å²) in [4.78, 5) is 13.4. The highest BCUT2D eigenvalue weighted by Crippen LogP contribution is 2.56. The molecule has 3 rings (SSSR count). The second-order valence-corrected chi connectivity index (χ2v) is 6.19. The number of aromatic amines is 1. The van der Waals surface area contributed by atoms with Crippen LogP contribution in [-0.2, 0) is 4.79 Å². The molecule has 0 bridgehead atoms. The fraction of sp³-hybridized carbons (Fsp3) is 0.750. The van der Waals surface area contributed by atoms with Crippen molar-refractivity contribution < 1.29 is 4.79 Å². The van der Waals surface area contributed by atoms with Crippen LogP contribution in [0.25, 0.3) is 0 Å². The number of β-lactam (4-membered cyclic amide) rings is 1. The molecule has 2 aliphatic rings. The number of carbonyl (C=O) groups is 1. The minimum Gasteiger partial charge on any atom is -0.318 e. The van der Waals surface area contributed by atoms with E-state index in [0.717, 1.165) is 0 Å². The SMILES string of the molecule is CC1(C)S[C@@H]2CC(=O)N2C1c1nn[nH]n1. The molecule has 6 nitrogen and oxygen atoms in total. The lowest BCUT2D eigenvalue weighted by atomic mass is 9.98. The van der Waals surface area contributed by atoms with Crippen LogP contribution in [0.15, 0.2) is 0 Å². The van der Waals surface area contributed by atoms with Gasteiger partial charge in [0.25, 0.3) is 0 Å². The van der Waals surface area contributed by atoms with Crippen LogP contribution in [0.3, 0.4) is 0 Å². The highest BCUT2D eigenvalue weighted by molar-refractivity contribution is 8.01. The van der Waals surface area contributed by atoms with Gasteiger partial charge in [0, 0.05) is 4.75 Å². The maximum Gasteiger partial charge on any atom is 0.227 e. The lowest BCUT2D eigenvalue weighted by Crippen LogP contribution is -2.49. The first-order chi connectivity index (χ1) is 7.09. The highest BCUT2D eigenvalue weighted by atomic mass is 32.2. The lowest BCUT2D eigenvalue weighted by Gasteiger charge is -2.37. The molecule has 0 saturated carbocycles. The Morgan fingerprint density at radius 3 is 3.00 bits per heavy atom. The highest BCUT2D eigenvalue weighted by Gasteiger charge is 2.57. The predicted molar refractivity (Wildman–Crippen MR) is 53.8 cm³/mol. The Kier molecular flexibility index (Phi) is 1.66. The number of carbonyl (C=O) groups excluding carboxylic acids is 1. The quantitative estimate of drug-likeness (QED) is 0.697. The van der Waals surface area contributed by atoms with Crippen molar-refractivity contribution in [3.05, 3.63) is 5.82 Å². The van der Waals surface area contributed by atoms with Gasteiger partial charge < -0.3 is 4.90 Å². The van der Waals surface area contributed by atoms with Gasteiger partial charge in [-0.05, 0) is 13.8 Å². The number of nitrogens with one attached hydrogen (secondary N) is 1. The summed E-state index contributed by atoms with van der Waals surface area (Å²) in [6.45, 7) is 4.23. The number of amides is 1. The van der Waals surface area contributed by atoms with Crippen LogP contribution >= 0.6 is 11.8 Å². The first-order valence-corrected chi connectivity index (χ1v) is 5.70. The molecule has 80 valence electrons. The molecule has 0 radical (unpaired) electrons. The van der Waals surface area contributed by atoms with Crippen LogP contribution in [0.4, 0.5) is 0 Å². The Morgan fingerprint density at radius 2 is 2.40 bits per heavy atom. The third-order valence-electron chi connectivity index (χ3n) is 2.93. The molecule has 2 fully saturated rings. The maximum atomic E-state index is 11.5. The first kappa shape index (κ1) is 9.14. The molecule has 0 aliphatic carbocycles. The van der Waals surface area contributed by atoms with E-state index in [0.29, 0.717) is 17.6 Å². The average molecular weight is 225 g/mol. The Labute approximate surface area is 90.8 Å². The summed E-state index contributed by atoms with van der Waals surface area (Å²) in [6, 6.07) is -0.0486. The number of thioether (sulfide) groups is 1. The largest absolute Gasteiger partial charge is 0.318 e. The van der Waals surface area contributed by atoms with E-state index in [1.807, 2.05) is 16.7 Å². The predicted octanol–water partition coefficient (Wildman–Crippen LogP) is 0.325. The Balaban J connectivity index is 2.01. The summed E-state index contributed by atoms with van der Waals surface area (Å²) >= 11 is 1.81. The number of tetrazole rings is 1. The van der Waals surface area contributed by atoms with Crippen LogP contribution in [0.2, 0.25) is 0 Å². The molecule has 1 N–H and O–H groups in total. The van der Waals surface area contributed by atoms with Crippen molar-refractivity contribution in [3.63, 3.8) is 0 Å². The zero-order valence-corrected chi connectivity index (χ0v) is 9.28. The molecule has 1 unspecified atom stereocenters. The van der Waals surface area contributed by atoms with E-state index in [4.69, 9.17) is 0 Å². The summed E-state index contributed by atoms with van der Waals surface area (Å²) in [7, 11) is 0. The second kappa shape index (κ2) is 2.72. The number of H-pyrrole nitrogens is 1. The lowest BCUT2D eigenvalue weighted by molar-refractivity contribution is -0.144. The van der Waals surface area contributed by atoms with E-state index in [-0.39, 0.29) is 16.7 Å². The van der Waals surface area contributed by atoms with E-state index in [9.17, 15) is 4.79 Å². The zero-order valence-electron chi connectivity index (χ0n) is 8.47. The number of fused-ring (bicyclic) bond motifs is 1. The molecule has 0 aromatic carbocycles. The third-order valence-corrected chi connectivity index (χ3v) is 4.43. The van der Waals surface area contributed by atoms with Crippen molar-refractivity contribution in [2.75, 3.05) is 0 Å². The van der Waals surface area contributed by atoms with Gasteiger partial charge in [-0.1, -0.05) is 5.21 Å². The molecular formula is C8H11N5OS. The Bertz CT molecular complexity index is 403. The molecule has 3 heterocycles. The fourth-order valence-corrected chi connectivity index (χ4v) is 3.91.